The Labute approximate surface area is 142 Å². The highest BCUT2D eigenvalue weighted by Crippen LogP contribution is 2.22. The van der Waals surface area contributed by atoms with Gasteiger partial charge in [-0.1, -0.05) is 12.1 Å². The molecular formula is C19H14FN3O2. The second-order valence-electron chi connectivity index (χ2n) is 5.58. The SMILES string of the molecule is COc1ccc(-c2cc(=O)n3[nH]c(-c4cccc(F)c4)cc3n2)cc1. The monoisotopic (exact) mass is 335 g/mol. The van der Waals surface area contributed by atoms with E-state index in [0.29, 0.717) is 22.6 Å². The minimum atomic E-state index is -0.338. The molecule has 0 spiro atoms. The van der Waals surface area contributed by atoms with Gasteiger partial charge in [0.05, 0.1) is 18.5 Å². The molecule has 2 heterocycles. The number of ether oxygens (including phenoxy) is 1. The van der Waals surface area contributed by atoms with E-state index in [1.165, 1.54) is 22.7 Å². The Kier molecular flexibility index (Phi) is 3.57. The van der Waals surface area contributed by atoms with Crippen molar-refractivity contribution in [2.45, 2.75) is 0 Å². The van der Waals surface area contributed by atoms with Gasteiger partial charge < -0.3 is 4.74 Å². The maximum Gasteiger partial charge on any atom is 0.273 e. The molecule has 0 aliphatic rings. The van der Waals surface area contributed by atoms with Crippen molar-refractivity contribution in [2.75, 3.05) is 7.11 Å². The minimum Gasteiger partial charge on any atom is -0.497 e. The second-order valence-corrected chi connectivity index (χ2v) is 5.58. The van der Waals surface area contributed by atoms with E-state index in [1.807, 2.05) is 24.3 Å². The molecule has 6 heteroatoms. The van der Waals surface area contributed by atoms with E-state index < -0.39 is 0 Å². The van der Waals surface area contributed by atoms with Crippen molar-refractivity contribution in [1.29, 1.82) is 0 Å². The zero-order valence-corrected chi connectivity index (χ0v) is 13.4. The second kappa shape index (κ2) is 5.90. The average molecular weight is 335 g/mol. The minimum absolute atomic E-state index is 0.238. The van der Waals surface area contributed by atoms with E-state index in [1.54, 1.807) is 25.3 Å². The van der Waals surface area contributed by atoms with Crippen LogP contribution in [0.3, 0.4) is 0 Å². The number of halogens is 1. The number of H-pyrrole nitrogens is 1. The molecule has 0 aliphatic carbocycles. The summed E-state index contributed by atoms with van der Waals surface area (Å²) in [5.41, 5.74) is 2.88. The fraction of sp³-hybridized carbons (Fsp3) is 0.0526. The number of hydrogen-bond donors (Lipinski definition) is 1. The molecule has 0 radical (unpaired) electrons. The third-order valence-corrected chi connectivity index (χ3v) is 3.97. The van der Waals surface area contributed by atoms with Crippen molar-refractivity contribution in [3.63, 3.8) is 0 Å². The van der Waals surface area contributed by atoms with Crippen molar-refractivity contribution in [3.05, 3.63) is 76.8 Å². The standard InChI is InChI=1S/C19H14FN3O2/c1-25-15-7-5-12(6-8-15)16-11-19(24)23-18(21-16)10-17(22-23)13-3-2-4-14(20)9-13/h2-11,22H,1H3. The molecule has 25 heavy (non-hydrogen) atoms. The van der Waals surface area contributed by atoms with Crippen LogP contribution in [0.1, 0.15) is 0 Å². The van der Waals surface area contributed by atoms with Gasteiger partial charge in [-0.15, -0.1) is 0 Å². The van der Waals surface area contributed by atoms with Crippen LogP contribution in [0.25, 0.3) is 28.2 Å². The smallest absolute Gasteiger partial charge is 0.273 e. The highest BCUT2D eigenvalue weighted by atomic mass is 19.1. The van der Waals surface area contributed by atoms with Gasteiger partial charge in [0.2, 0.25) is 0 Å². The van der Waals surface area contributed by atoms with E-state index in [4.69, 9.17) is 4.74 Å². The fourth-order valence-electron chi connectivity index (χ4n) is 2.70. The summed E-state index contributed by atoms with van der Waals surface area (Å²) in [5, 5.41) is 2.96. The predicted octanol–water partition coefficient (Wildman–Crippen LogP) is 3.50. The molecule has 124 valence electrons. The number of nitrogens with one attached hydrogen (secondary N) is 1. The molecule has 0 fully saturated rings. The van der Waals surface area contributed by atoms with E-state index in [9.17, 15) is 9.18 Å². The summed E-state index contributed by atoms with van der Waals surface area (Å²) in [5.74, 6) is 0.395. The summed E-state index contributed by atoms with van der Waals surface area (Å²) in [7, 11) is 1.60. The Morgan fingerprint density at radius 1 is 1.04 bits per heavy atom. The number of methoxy groups -OCH3 is 1. The third kappa shape index (κ3) is 2.78. The Bertz CT molecular complexity index is 1110. The van der Waals surface area contributed by atoms with Gasteiger partial charge in [0, 0.05) is 23.3 Å². The average Bonchev–Trinajstić information content (AvgIpc) is 3.07. The quantitative estimate of drug-likeness (QED) is 0.623. The summed E-state index contributed by atoms with van der Waals surface area (Å²) in [6, 6.07) is 16.7. The largest absolute Gasteiger partial charge is 0.497 e. The van der Waals surface area contributed by atoms with Crippen LogP contribution in [-0.2, 0) is 0 Å². The van der Waals surface area contributed by atoms with Crippen molar-refractivity contribution in [2.24, 2.45) is 0 Å². The topological polar surface area (TPSA) is 59.4 Å². The van der Waals surface area contributed by atoms with Gasteiger partial charge in [-0.3, -0.25) is 9.89 Å². The zero-order valence-electron chi connectivity index (χ0n) is 13.4. The van der Waals surface area contributed by atoms with Crippen LogP contribution in [0, 0.1) is 5.82 Å². The lowest BCUT2D eigenvalue weighted by Crippen LogP contribution is -2.14. The number of hydrogen-bond acceptors (Lipinski definition) is 3. The molecule has 0 atom stereocenters. The molecule has 0 aliphatic heterocycles. The molecular weight excluding hydrogens is 321 g/mol. The van der Waals surface area contributed by atoms with Crippen LogP contribution in [0.2, 0.25) is 0 Å². The van der Waals surface area contributed by atoms with E-state index in [0.717, 1.165) is 11.3 Å². The number of aromatic amines is 1. The molecule has 0 amide bonds. The number of fused-ring (bicyclic) bond motifs is 1. The van der Waals surface area contributed by atoms with Crippen molar-refractivity contribution < 1.29 is 9.13 Å². The predicted molar refractivity (Wildman–Crippen MR) is 93.2 cm³/mol. The van der Waals surface area contributed by atoms with E-state index in [-0.39, 0.29) is 11.4 Å². The number of nitrogens with zero attached hydrogens (tertiary/aromatic N) is 2. The van der Waals surface area contributed by atoms with Crippen molar-refractivity contribution >= 4 is 5.65 Å². The van der Waals surface area contributed by atoms with Crippen LogP contribution in [-0.4, -0.2) is 21.7 Å². The third-order valence-electron chi connectivity index (χ3n) is 3.97. The lowest BCUT2D eigenvalue weighted by atomic mass is 10.1. The maximum atomic E-state index is 13.4. The first kappa shape index (κ1) is 15.1. The first-order valence-electron chi connectivity index (χ1n) is 7.67. The van der Waals surface area contributed by atoms with E-state index in [2.05, 4.69) is 10.1 Å². The molecule has 4 aromatic rings. The Morgan fingerprint density at radius 2 is 1.84 bits per heavy atom. The van der Waals surface area contributed by atoms with Gasteiger partial charge in [-0.25, -0.2) is 13.9 Å². The molecule has 2 aromatic carbocycles. The van der Waals surface area contributed by atoms with Gasteiger partial charge in [-0.05, 0) is 36.4 Å². The molecule has 0 bridgehead atoms. The molecule has 0 saturated carbocycles. The summed E-state index contributed by atoms with van der Waals surface area (Å²) in [6.45, 7) is 0. The molecule has 0 unspecified atom stereocenters. The van der Waals surface area contributed by atoms with Crippen molar-refractivity contribution in [3.8, 4) is 28.3 Å². The zero-order chi connectivity index (χ0) is 17.4. The summed E-state index contributed by atoms with van der Waals surface area (Å²) in [6.07, 6.45) is 0. The number of aromatic nitrogens is 3. The molecule has 2 aromatic heterocycles. The van der Waals surface area contributed by atoms with Gasteiger partial charge in [0.15, 0.2) is 5.65 Å². The molecule has 1 N–H and O–H groups in total. The van der Waals surface area contributed by atoms with Crippen LogP contribution < -0.4 is 10.3 Å². The van der Waals surface area contributed by atoms with Gasteiger partial charge in [0.1, 0.15) is 11.6 Å². The number of rotatable bonds is 3. The summed E-state index contributed by atoms with van der Waals surface area (Å²) >= 11 is 0. The fourth-order valence-corrected chi connectivity index (χ4v) is 2.70. The van der Waals surface area contributed by atoms with Gasteiger partial charge in [-0.2, -0.15) is 0 Å². The Morgan fingerprint density at radius 3 is 2.56 bits per heavy atom. The lowest BCUT2D eigenvalue weighted by molar-refractivity contribution is 0.415. The molecule has 0 saturated heterocycles. The van der Waals surface area contributed by atoms with Crippen LogP contribution in [0.4, 0.5) is 4.39 Å². The molecule has 5 nitrogen and oxygen atoms in total. The van der Waals surface area contributed by atoms with Crippen LogP contribution >= 0.6 is 0 Å². The first-order chi connectivity index (χ1) is 12.1. The van der Waals surface area contributed by atoms with Gasteiger partial charge in [0.25, 0.3) is 5.56 Å². The van der Waals surface area contributed by atoms with Crippen molar-refractivity contribution in [1.82, 2.24) is 14.6 Å². The number of benzene rings is 2. The Hall–Kier alpha value is -3.41. The summed E-state index contributed by atoms with van der Waals surface area (Å²) < 4.78 is 19.9. The van der Waals surface area contributed by atoms with Crippen LogP contribution in [0.15, 0.2) is 65.5 Å². The normalized spacial score (nSPS) is 11.0. The molecule has 4 rings (SSSR count). The van der Waals surface area contributed by atoms with Crippen LogP contribution in [0.5, 0.6) is 5.75 Å². The maximum absolute atomic E-state index is 13.4. The first-order valence-corrected chi connectivity index (χ1v) is 7.67. The van der Waals surface area contributed by atoms with E-state index >= 15 is 0 Å². The van der Waals surface area contributed by atoms with Gasteiger partial charge >= 0.3 is 0 Å². The summed E-state index contributed by atoms with van der Waals surface area (Å²) in [4.78, 5) is 16.9. The highest BCUT2D eigenvalue weighted by Gasteiger charge is 2.10. The Balaban J connectivity index is 1.82. The highest BCUT2D eigenvalue weighted by molar-refractivity contribution is 5.67. The lowest BCUT2D eigenvalue weighted by Gasteiger charge is -2.03.